The molecule has 0 aliphatic carbocycles. The predicted molar refractivity (Wildman–Crippen MR) is 105 cm³/mol. The number of phosphoric acid groups is 1. The summed E-state index contributed by atoms with van der Waals surface area (Å²) in [6, 6.07) is 9.61. The van der Waals surface area contributed by atoms with Crippen LogP contribution in [-0.4, -0.2) is 64.0 Å². The first-order valence-electron chi connectivity index (χ1n) is 9.00. The highest BCUT2D eigenvalue weighted by Gasteiger charge is 2.21. The summed E-state index contributed by atoms with van der Waals surface area (Å²) < 4.78 is 27.8. The van der Waals surface area contributed by atoms with Crippen LogP contribution in [0.1, 0.15) is 12.5 Å². The lowest BCUT2D eigenvalue weighted by atomic mass is 10.2. The molecule has 1 aromatic carbocycles. The average Bonchev–Trinajstić information content (AvgIpc) is 2.58. The summed E-state index contributed by atoms with van der Waals surface area (Å²) in [5.74, 6) is -0.608. The molecule has 0 radical (unpaired) electrons. The Morgan fingerprint density at radius 2 is 1.93 bits per heavy atom. The van der Waals surface area contributed by atoms with Crippen LogP contribution in [0.2, 0.25) is 0 Å². The van der Waals surface area contributed by atoms with Gasteiger partial charge in [0.1, 0.15) is 25.9 Å². The number of hydrogen-bond acceptors (Lipinski definition) is 7. The standard InChI is InChI=1S/C19H31N2O6P/c1-16(2)19(22)25-15-18(14-20-13-17-9-7-6-8-10-17)27-28(23,24)26-12-11-21(3,4)5/h6-10,18,20H,1,11-15H2,2-5H3. The van der Waals surface area contributed by atoms with E-state index in [4.69, 9.17) is 13.8 Å². The summed E-state index contributed by atoms with van der Waals surface area (Å²) >= 11 is 0. The number of likely N-dealkylation sites (N-methyl/N-ethyl adjacent to an activating group) is 1. The van der Waals surface area contributed by atoms with E-state index in [1.54, 1.807) is 0 Å². The van der Waals surface area contributed by atoms with Gasteiger partial charge in [-0.2, -0.15) is 0 Å². The van der Waals surface area contributed by atoms with Crippen LogP contribution in [0.15, 0.2) is 42.5 Å². The largest absolute Gasteiger partial charge is 0.756 e. The molecule has 0 aromatic heterocycles. The van der Waals surface area contributed by atoms with Crippen molar-refractivity contribution in [2.75, 3.05) is 47.4 Å². The second-order valence-electron chi connectivity index (χ2n) is 7.52. The average molecular weight is 414 g/mol. The number of ether oxygens (including phenoxy) is 1. The zero-order chi connectivity index (χ0) is 21.2. The van der Waals surface area contributed by atoms with E-state index in [9.17, 15) is 14.3 Å². The molecular weight excluding hydrogens is 383 g/mol. The van der Waals surface area contributed by atoms with Crippen LogP contribution >= 0.6 is 7.82 Å². The molecule has 0 aliphatic rings. The highest BCUT2D eigenvalue weighted by molar-refractivity contribution is 7.45. The number of phosphoric ester groups is 1. The number of nitrogens with one attached hydrogen (secondary N) is 1. The molecule has 2 unspecified atom stereocenters. The molecule has 0 amide bonds. The highest BCUT2D eigenvalue weighted by atomic mass is 31.2. The van der Waals surface area contributed by atoms with Gasteiger partial charge in [-0.3, -0.25) is 4.57 Å². The molecule has 0 fully saturated rings. The molecule has 0 heterocycles. The Morgan fingerprint density at radius 1 is 1.29 bits per heavy atom. The van der Waals surface area contributed by atoms with Gasteiger partial charge < -0.3 is 28.5 Å². The third-order valence-electron chi connectivity index (χ3n) is 3.58. The van der Waals surface area contributed by atoms with Crippen molar-refractivity contribution >= 4 is 13.8 Å². The number of carbonyl (C=O) groups excluding carboxylic acids is 1. The predicted octanol–water partition coefficient (Wildman–Crippen LogP) is 1.47. The zero-order valence-electron chi connectivity index (χ0n) is 17.1. The van der Waals surface area contributed by atoms with Crippen molar-refractivity contribution in [2.24, 2.45) is 0 Å². The molecular formula is C19H31N2O6P. The van der Waals surface area contributed by atoms with Crippen LogP contribution in [0.4, 0.5) is 0 Å². The van der Waals surface area contributed by atoms with E-state index in [-0.39, 0.29) is 25.3 Å². The number of nitrogens with zero attached hydrogens (tertiary/aromatic N) is 1. The second kappa shape index (κ2) is 11.5. The van der Waals surface area contributed by atoms with E-state index >= 15 is 0 Å². The fraction of sp³-hybridized carbons (Fsp3) is 0.526. The Kier molecular flexibility index (Phi) is 10.0. The Balaban J connectivity index is 2.60. The first-order chi connectivity index (χ1) is 13.0. The molecule has 0 aliphatic heterocycles. The zero-order valence-corrected chi connectivity index (χ0v) is 17.9. The third-order valence-corrected chi connectivity index (χ3v) is 4.64. The van der Waals surface area contributed by atoms with Crippen molar-refractivity contribution < 1.29 is 32.5 Å². The highest BCUT2D eigenvalue weighted by Crippen LogP contribution is 2.39. The van der Waals surface area contributed by atoms with Crippen molar-refractivity contribution in [3.63, 3.8) is 0 Å². The van der Waals surface area contributed by atoms with Crippen molar-refractivity contribution in [1.82, 2.24) is 5.32 Å². The first kappa shape index (κ1) is 24.5. The molecule has 1 rings (SSSR count). The molecule has 1 N–H and O–H groups in total. The number of rotatable bonds is 13. The summed E-state index contributed by atoms with van der Waals surface area (Å²) in [4.78, 5) is 23.7. The van der Waals surface area contributed by atoms with E-state index in [2.05, 4.69) is 11.9 Å². The summed E-state index contributed by atoms with van der Waals surface area (Å²) in [5, 5.41) is 3.10. The van der Waals surface area contributed by atoms with Crippen LogP contribution in [0.5, 0.6) is 0 Å². The van der Waals surface area contributed by atoms with E-state index in [1.165, 1.54) is 6.92 Å². The van der Waals surface area contributed by atoms with Gasteiger partial charge in [0.05, 0.1) is 21.1 Å². The molecule has 28 heavy (non-hydrogen) atoms. The van der Waals surface area contributed by atoms with Gasteiger partial charge >= 0.3 is 5.97 Å². The van der Waals surface area contributed by atoms with Gasteiger partial charge in [0.25, 0.3) is 7.82 Å². The fourth-order valence-electron chi connectivity index (χ4n) is 2.03. The topological polar surface area (TPSA) is 96.9 Å². The monoisotopic (exact) mass is 414 g/mol. The number of esters is 1. The minimum absolute atomic E-state index is 0.00000464. The Labute approximate surface area is 167 Å². The molecule has 158 valence electrons. The Hall–Kier alpha value is -1.54. The summed E-state index contributed by atoms with van der Waals surface area (Å²) in [6.45, 7) is 5.94. The van der Waals surface area contributed by atoms with Crippen LogP contribution in [-0.2, 0) is 29.7 Å². The van der Waals surface area contributed by atoms with Gasteiger partial charge in [-0.05, 0) is 12.5 Å². The summed E-state index contributed by atoms with van der Waals surface area (Å²) in [7, 11) is 1.23. The minimum atomic E-state index is -4.54. The van der Waals surface area contributed by atoms with Gasteiger partial charge in [0, 0.05) is 18.7 Å². The fourth-order valence-corrected chi connectivity index (χ4v) is 2.90. The molecule has 8 nitrogen and oxygen atoms in total. The molecule has 9 heteroatoms. The van der Waals surface area contributed by atoms with Crippen molar-refractivity contribution in [1.29, 1.82) is 0 Å². The van der Waals surface area contributed by atoms with Gasteiger partial charge in [-0.1, -0.05) is 36.9 Å². The lowest BCUT2D eigenvalue weighted by Gasteiger charge is -2.30. The van der Waals surface area contributed by atoms with E-state index in [1.807, 2.05) is 51.5 Å². The van der Waals surface area contributed by atoms with Gasteiger partial charge in [0.2, 0.25) is 0 Å². The van der Waals surface area contributed by atoms with E-state index in [0.29, 0.717) is 17.6 Å². The molecule has 0 spiro atoms. The van der Waals surface area contributed by atoms with Gasteiger partial charge in [-0.15, -0.1) is 0 Å². The lowest BCUT2D eigenvalue weighted by Crippen LogP contribution is -2.38. The maximum Gasteiger partial charge on any atom is 0.333 e. The number of benzene rings is 1. The quantitative estimate of drug-likeness (QED) is 0.226. The van der Waals surface area contributed by atoms with Crippen LogP contribution < -0.4 is 10.2 Å². The minimum Gasteiger partial charge on any atom is -0.756 e. The van der Waals surface area contributed by atoms with Crippen LogP contribution in [0.25, 0.3) is 0 Å². The van der Waals surface area contributed by atoms with Crippen molar-refractivity contribution in [3.8, 4) is 0 Å². The van der Waals surface area contributed by atoms with E-state index in [0.717, 1.165) is 5.56 Å². The molecule has 0 bridgehead atoms. The van der Waals surface area contributed by atoms with Crippen LogP contribution in [0, 0.1) is 0 Å². The molecule has 2 atom stereocenters. The van der Waals surface area contributed by atoms with Gasteiger partial charge in [0.15, 0.2) is 0 Å². The SMILES string of the molecule is C=C(C)C(=O)OCC(CNCc1ccccc1)OP(=O)([O-])OCC[N+](C)(C)C. The van der Waals surface area contributed by atoms with Crippen molar-refractivity contribution in [2.45, 2.75) is 19.6 Å². The normalized spacial score (nSPS) is 14.9. The lowest BCUT2D eigenvalue weighted by molar-refractivity contribution is -0.870. The first-order valence-corrected chi connectivity index (χ1v) is 10.5. The van der Waals surface area contributed by atoms with Gasteiger partial charge in [-0.25, -0.2) is 4.79 Å². The Morgan fingerprint density at radius 3 is 2.50 bits per heavy atom. The Bertz CT molecular complexity index is 675. The molecule has 1 aromatic rings. The second-order valence-corrected chi connectivity index (χ2v) is 8.88. The summed E-state index contributed by atoms with van der Waals surface area (Å²) in [5.41, 5.74) is 1.25. The maximum atomic E-state index is 12.1. The maximum absolute atomic E-state index is 12.1. The smallest absolute Gasteiger partial charge is 0.333 e. The number of hydrogen-bond donors (Lipinski definition) is 1. The summed E-state index contributed by atoms with van der Waals surface area (Å²) in [6.07, 6.45) is -0.917. The van der Waals surface area contributed by atoms with Crippen LogP contribution in [0.3, 0.4) is 0 Å². The number of carbonyl (C=O) groups is 1. The van der Waals surface area contributed by atoms with E-state index < -0.39 is 19.9 Å². The number of quaternary nitrogens is 1. The third kappa shape index (κ3) is 11.3. The molecule has 0 saturated carbocycles. The van der Waals surface area contributed by atoms with Crippen molar-refractivity contribution in [3.05, 3.63) is 48.0 Å². The molecule has 0 saturated heterocycles.